The van der Waals surface area contributed by atoms with Crippen molar-refractivity contribution in [3.05, 3.63) is 23.3 Å². The Morgan fingerprint density at radius 3 is 3.24 bits per heavy atom. The maximum Gasteiger partial charge on any atom is 0.296 e. The number of rotatable bonds is 3. The van der Waals surface area contributed by atoms with Crippen LogP contribution in [0.15, 0.2) is 22.0 Å². The zero-order valence-electron chi connectivity index (χ0n) is 9.06. The molecule has 6 heteroatoms. The van der Waals surface area contributed by atoms with Gasteiger partial charge in [0.15, 0.2) is 5.82 Å². The summed E-state index contributed by atoms with van der Waals surface area (Å²) in [6.45, 7) is 1.81. The number of aromatic nitrogens is 2. The topological polar surface area (TPSA) is 68.0 Å². The van der Waals surface area contributed by atoms with Crippen molar-refractivity contribution in [1.29, 1.82) is 0 Å². The first-order valence-electron chi connectivity index (χ1n) is 4.86. The molecule has 0 aliphatic carbocycles. The van der Waals surface area contributed by atoms with Crippen LogP contribution in [0.1, 0.15) is 12.7 Å². The van der Waals surface area contributed by atoms with Gasteiger partial charge in [0.05, 0.1) is 11.4 Å². The number of carbonyl (C=O) groups excluding carboxylic acids is 1. The lowest BCUT2D eigenvalue weighted by atomic mass is 10.4. The SMILES string of the molecule is CC#CC(=O)NCc1noc(-c2cccs2)n1. The van der Waals surface area contributed by atoms with E-state index in [2.05, 4.69) is 27.3 Å². The third-order valence-electron chi connectivity index (χ3n) is 1.85. The van der Waals surface area contributed by atoms with Crippen LogP contribution in [-0.2, 0) is 11.3 Å². The zero-order chi connectivity index (χ0) is 12.1. The molecule has 2 aromatic rings. The summed E-state index contributed by atoms with van der Waals surface area (Å²) in [6.07, 6.45) is 0. The Bertz CT molecular complexity index is 563. The van der Waals surface area contributed by atoms with Crippen molar-refractivity contribution in [3.63, 3.8) is 0 Å². The summed E-state index contributed by atoms with van der Waals surface area (Å²) >= 11 is 1.52. The molecular formula is C11H9N3O2S. The van der Waals surface area contributed by atoms with E-state index in [0.717, 1.165) is 4.88 Å². The van der Waals surface area contributed by atoms with E-state index in [0.29, 0.717) is 11.7 Å². The van der Waals surface area contributed by atoms with Gasteiger partial charge in [-0.05, 0) is 24.3 Å². The Kier molecular flexibility index (Phi) is 3.52. The molecule has 0 bridgehead atoms. The summed E-state index contributed by atoms with van der Waals surface area (Å²) in [5.74, 6) is 5.41. The van der Waals surface area contributed by atoms with Crippen LogP contribution >= 0.6 is 11.3 Å². The number of nitrogens with one attached hydrogen (secondary N) is 1. The minimum Gasteiger partial charge on any atom is -0.338 e. The summed E-state index contributed by atoms with van der Waals surface area (Å²) in [7, 11) is 0. The van der Waals surface area contributed by atoms with Gasteiger partial charge in [0.25, 0.3) is 11.8 Å². The van der Waals surface area contributed by atoms with Crippen LogP contribution < -0.4 is 5.32 Å². The second-order valence-corrected chi connectivity index (χ2v) is 4.00. The monoisotopic (exact) mass is 247 g/mol. The van der Waals surface area contributed by atoms with Crippen molar-refractivity contribution < 1.29 is 9.32 Å². The maximum atomic E-state index is 11.1. The van der Waals surface area contributed by atoms with E-state index in [1.54, 1.807) is 6.92 Å². The molecule has 1 N–H and O–H groups in total. The van der Waals surface area contributed by atoms with E-state index < -0.39 is 0 Å². The van der Waals surface area contributed by atoms with Crippen molar-refractivity contribution in [2.75, 3.05) is 0 Å². The quantitative estimate of drug-likeness (QED) is 0.833. The summed E-state index contributed by atoms with van der Waals surface area (Å²) in [5, 5.41) is 8.25. The summed E-state index contributed by atoms with van der Waals surface area (Å²) in [5.41, 5.74) is 0. The molecule has 2 rings (SSSR count). The van der Waals surface area contributed by atoms with E-state index in [1.165, 1.54) is 11.3 Å². The number of hydrogen-bond acceptors (Lipinski definition) is 5. The summed E-state index contributed by atoms with van der Waals surface area (Å²) < 4.78 is 5.06. The van der Waals surface area contributed by atoms with E-state index in [-0.39, 0.29) is 12.5 Å². The van der Waals surface area contributed by atoms with Crippen LogP contribution in [0.25, 0.3) is 10.8 Å². The fourth-order valence-corrected chi connectivity index (χ4v) is 1.79. The molecule has 0 saturated carbocycles. The second-order valence-electron chi connectivity index (χ2n) is 3.05. The zero-order valence-corrected chi connectivity index (χ0v) is 9.87. The first-order chi connectivity index (χ1) is 8.29. The number of carbonyl (C=O) groups is 1. The molecule has 2 aromatic heterocycles. The molecule has 0 saturated heterocycles. The first kappa shape index (κ1) is 11.4. The van der Waals surface area contributed by atoms with Crippen molar-refractivity contribution >= 4 is 17.2 Å². The largest absolute Gasteiger partial charge is 0.338 e. The molecule has 5 nitrogen and oxygen atoms in total. The van der Waals surface area contributed by atoms with E-state index >= 15 is 0 Å². The Morgan fingerprint density at radius 1 is 1.65 bits per heavy atom. The molecule has 0 spiro atoms. The maximum absolute atomic E-state index is 11.1. The normalized spacial score (nSPS) is 9.47. The molecular weight excluding hydrogens is 238 g/mol. The van der Waals surface area contributed by atoms with E-state index in [4.69, 9.17) is 4.52 Å². The Balaban J connectivity index is 1.99. The molecule has 0 aliphatic rings. The highest BCUT2D eigenvalue weighted by Crippen LogP contribution is 2.22. The molecule has 0 fully saturated rings. The highest BCUT2D eigenvalue weighted by atomic mass is 32.1. The Hall–Kier alpha value is -2.13. The highest BCUT2D eigenvalue weighted by Gasteiger charge is 2.09. The second kappa shape index (κ2) is 5.27. The van der Waals surface area contributed by atoms with Crippen LogP contribution in [0.3, 0.4) is 0 Å². The number of nitrogens with zero attached hydrogens (tertiary/aromatic N) is 2. The molecule has 0 atom stereocenters. The molecule has 1 amide bonds. The number of hydrogen-bond donors (Lipinski definition) is 1. The predicted molar refractivity (Wildman–Crippen MR) is 62.9 cm³/mol. The van der Waals surface area contributed by atoms with Crippen LogP contribution in [0, 0.1) is 11.8 Å². The van der Waals surface area contributed by atoms with E-state index in [1.807, 2.05) is 17.5 Å². The van der Waals surface area contributed by atoms with Gasteiger partial charge < -0.3 is 9.84 Å². The fraction of sp³-hybridized carbons (Fsp3) is 0.182. The lowest BCUT2D eigenvalue weighted by Gasteiger charge is -1.93. The molecule has 0 radical (unpaired) electrons. The minimum absolute atomic E-state index is 0.211. The van der Waals surface area contributed by atoms with Crippen LogP contribution in [-0.4, -0.2) is 16.0 Å². The lowest BCUT2D eigenvalue weighted by molar-refractivity contribution is -0.115. The minimum atomic E-state index is -0.352. The standard InChI is InChI=1S/C11H9N3O2S/c1-2-4-10(15)12-7-9-13-11(16-14-9)8-5-3-6-17-8/h3,5-6H,7H2,1H3,(H,12,15). The summed E-state index contributed by atoms with van der Waals surface area (Å²) in [4.78, 5) is 16.1. The van der Waals surface area contributed by atoms with Gasteiger partial charge in [-0.15, -0.1) is 11.3 Å². The predicted octanol–water partition coefficient (Wildman–Crippen LogP) is 1.44. The van der Waals surface area contributed by atoms with Crippen LogP contribution in [0.4, 0.5) is 0 Å². The average molecular weight is 247 g/mol. The van der Waals surface area contributed by atoms with Gasteiger partial charge in [-0.2, -0.15) is 4.98 Å². The Labute approximate surface area is 102 Å². The van der Waals surface area contributed by atoms with Gasteiger partial charge in [0.1, 0.15) is 0 Å². The van der Waals surface area contributed by atoms with Crippen molar-refractivity contribution in [2.24, 2.45) is 0 Å². The van der Waals surface area contributed by atoms with Gasteiger partial charge in [-0.25, -0.2) is 0 Å². The van der Waals surface area contributed by atoms with Crippen molar-refractivity contribution in [2.45, 2.75) is 13.5 Å². The molecule has 2 heterocycles. The van der Waals surface area contributed by atoms with Gasteiger partial charge in [0, 0.05) is 0 Å². The number of thiophene rings is 1. The molecule has 86 valence electrons. The van der Waals surface area contributed by atoms with Gasteiger partial charge >= 0.3 is 0 Å². The highest BCUT2D eigenvalue weighted by molar-refractivity contribution is 7.13. The summed E-state index contributed by atoms with van der Waals surface area (Å²) in [6, 6.07) is 3.80. The fourth-order valence-electron chi connectivity index (χ4n) is 1.14. The van der Waals surface area contributed by atoms with E-state index in [9.17, 15) is 4.79 Å². The van der Waals surface area contributed by atoms with Crippen LogP contribution in [0.5, 0.6) is 0 Å². The third-order valence-corrected chi connectivity index (χ3v) is 2.70. The van der Waals surface area contributed by atoms with Gasteiger partial charge in [-0.1, -0.05) is 17.1 Å². The third kappa shape index (κ3) is 2.92. The average Bonchev–Trinajstić information content (AvgIpc) is 2.97. The van der Waals surface area contributed by atoms with Crippen LogP contribution in [0.2, 0.25) is 0 Å². The number of amides is 1. The van der Waals surface area contributed by atoms with Gasteiger partial charge in [-0.3, -0.25) is 4.79 Å². The molecule has 0 aromatic carbocycles. The molecule has 17 heavy (non-hydrogen) atoms. The van der Waals surface area contributed by atoms with Crippen molar-refractivity contribution in [1.82, 2.24) is 15.5 Å². The molecule has 0 unspecified atom stereocenters. The smallest absolute Gasteiger partial charge is 0.296 e. The van der Waals surface area contributed by atoms with Gasteiger partial charge in [0.2, 0.25) is 0 Å². The van der Waals surface area contributed by atoms with Crippen molar-refractivity contribution in [3.8, 4) is 22.6 Å². The molecule has 0 aliphatic heterocycles. The Morgan fingerprint density at radius 2 is 2.53 bits per heavy atom. The lowest BCUT2D eigenvalue weighted by Crippen LogP contribution is -2.21. The first-order valence-corrected chi connectivity index (χ1v) is 5.74.